The molecule has 2 nitrogen and oxygen atoms in total. The predicted octanol–water partition coefficient (Wildman–Crippen LogP) is 10.1. The van der Waals surface area contributed by atoms with Crippen molar-refractivity contribution in [1.82, 2.24) is 0 Å². The summed E-state index contributed by atoms with van der Waals surface area (Å²) in [6.45, 7) is 22.0. The molecule has 0 N–H and O–H groups in total. The summed E-state index contributed by atoms with van der Waals surface area (Å²) in [6, 6.07) is 34.4. The lowest BCUT2D eigenvalue weighted by Gasteiger charge is -2.39. The molecule has 0 spiro atoms. The minimum Gasteiger partial charge on any atom is -0.225 e. The highest BCUT2D eigenvalue weighted by atomic mass is 17.2. The van der Waals surface area contributed by atoms with E-state index in [-0.39, 0.29) is 10.8 Å². The van der Waals surface area contributed by atoms with Crippen molar-refractivity contribution in [3.8, 4) is 0 Å². The maximum absolute atomic E-state index is 6.47. The molecule has 0 atom stereocenters. The van der Waals surface area contributed by atoms with E-state index >= 15 is 0 Å². The van der Waals surface area contributed by atoms with E-state index in [1.165, 1.54) is 33.4 Å². The Bertz CT molecular complexity index is 1330. The number of hydrogen-bond acceptors (Lipinski definition) is 2. The zero-order chi connectivity index (χ0) is 29.3. The maximum atomic E-state index is 6.47. The molecule has 40 heavy (non-hydrogen) atoms. The topological polar surface area (TPSA) is 18.5 Å². The van der Waals surface area contributed by atoms with Crippen LogP contribution < -0.4 is 0 Å². The zero-order valence-electron chi connectivity index (χ0n) is 26.1. The lowest BCUT2D eigenvalue weighted by Crippen LogP contribution is -2.35. The second kappa shape index (κ2) is 11.0. The molecule has 2 heteroatoms. The van der Waals surface area contributed by atoms with Gasteiger partial charge in [0.15, 0.2) is 0 Å². The second-order valence-corrected chi connectivity index (χ2v) is 13.2. The average Bonchev–Trinajstić information content (AvgIpc) is 2.92. The lowest BCUT2D eigenvalue weighted by atomic mass is 9.71. The maximum Gasteiger partial charge on any atom is 0.123 e. The van der Waals surface area contributed by atoms with Gasteiger partial charge < -0.3 is 0 Å². The number of aryl methyl sites for hydroxylation is 2. The first-order valence-corrected chi connectivity index (χ1v) is 14.4. The van der Waals surface area contributed by atoms with Crippen LogP contribution in [0.1, 0.15) is 99.9 Å². The highest BCUT2D eigenvalue weighted by Gasteiger charge is 2.38. The predicted molar refractivity (Wildman–Crippen MR) is 168 cm³/mol. The molecule has 0 bridgehead atoms. The molecule has 0 amide bonds. The van der Waals surface area contributed by atoms with Crippen LogP contribution in [0.5, 0.6) is 0 Å². The third kappa shape index (κ3) is 5.66. The summed E-state index contributed by atoms with van der Waals surface area (Å²) in [5.41, 5.74) is 8.04. The Hall–Kier alpha value is -3.20. The highest BCUT2D eigenvalue weighted by molar-refractivity contribution is 5.50. The van der Waals surface area contributed by atoms with Gasteiger partial charge in [-0.15, -0.1) is 0 Å². The standard InChI is InChI=1S/C38H46O2/c1-27-19-17-25-31(33(27)35(3,4)29-21-13-11-14-22-29)37(7,8)39-40-38(9,10)32-26-18-20-28(2)34(32)36(5,6)30-23-15-12-16-24-30/h11-26H,1-10H3. The Morgan fingerprint density at radius 1 is 0.400 bits per heavy atom. The van der Waals surface area contributed by atoms with Crippen LogP contribution in [-0.4, -0.2) is 0 Å². The largest absolute Gasteiger partial charge is 0.225 e. The molecule has 0 aliphatic rings. The monoisotopic (exact) mass is 534 g/mol. The smallest absolute Gasteiger partial charge is 0.123 e. The molecule has 4 rings (SSSR count). The van der Waals surface area contributed by atoms with Crippen molar-refractivity contribution in [1.29, 1.82) is 0 Å². The molecule has 0 heterocycles. The normalized spacial score (nSPS) is 12.9. The summed E-state index contributed by atoms with van der Waals surface area (Å²) in [4.78, 5) is 12.9. The van der Waals surface area contributed by atoms with Gasteiger partial charge in [-0.05, 0) is 86.1 Å². The molecule has 0 radical (unpaired) electrons. The SMILES string of the molecule is Cc1cccc(C(C)(C)OOC(C)(C)c2cccc(C)c2C(C)(C)c2ccccc2)c1C(C)(C)c1ccccc1. The summed E-state index contributed by atoms with van der Waals surface area (Å²) in [6.07, 6.45) is 0. The molecule has 210 valence electrons. The van der Waals surface area contributed by atoms with Crippen LogP contribution in [0, 0.1) is 13.8 Å². The first-order chi connectivity index (χ1) is 18.7. The summed E-state index contributed by atoms with van der Waals surface area (Å²) < 4.78 is 0. The van der Waals surface area contributed by atoms with Gasteiger partial charge in [-0.2, -0.15) is 0 Å². The zero-order valence-corrected chi connectivity index (χ0v) is 26.1. The molecule has 0 aromatic heterocycles. The van der Waals surface area contributed by atoms with Gasteiger partial charge in [0.2, 0.25) is 0 Å². The van der Waals surface area contributed by atoms with Crippen molar-refractivity contribution >= 4 is 0 Å². The number of hydrogen-bond donors (Lipinski definition) is 0. The van der Waals surface area contributed by atoms with Crippen LogP contribution in [0.3, 0.4) is 0 Å². The van der Waals surface area contributed by atoms with Crippen molar-refractivity contribution in [3.05, 3.63) is 142 Å². The third-order valence-electron chi connectivity index (χ3n) is 8.54. The van der Waals surface area contributed by atoms with Crippen molar-refractivity contribution in [2.45, 2.75) is 91.3 Å². The molecule has 4 aromatic carbocycles. The van der Waals surface area contributed by atoms with E-state index < -0.39 is 11.2 Å². The molecular formula is C38H46O2. The van der Waals surface area contributed by atoms with Gasteiger partial charge in [0, 0.05) is 10.8 Å². The van der Waals surface area contributed by atoms with Gasteiger partial charge in [-0.1, -0.05) is 125 Å². The Labute approximate surface area is 242 Å². The van der Waals surface area contributed by atoms with Gasteiger partial charge in [-0.25, -0.2) is 9.78 Å². The van der Waals surface area contributed by atoms with E-state index in [1.54, 1.807) is 0 Å². The van der Waals surface area contributed by atoms with Gasteiger partial charge in [-0.3, -0.25) is 0 Å². The summed E-state index contributed by atoms with van der Waals surface area (Å²) in [5.74, 6) is 0. The van der Waals surface area contributed by atoms with Gasteiger partial charge in [0.1, 0.15) is 11.2 Å². The third-order valence-corrected chi connectivity index (χ3v) is 8.54. The fourth-order valence-electron chi connectivity index (χ4n) is 6.29. The minimum absolute atomic E-state index is 0.207. The first kappa shape index (κ1) is 29.8. The number of benzene rings is 4. The average molecular weight is 535 g/mol. The quantitative estimate of drug-likeness (QED) is 0.157. The Morgan fingerprint density at radius 2 is 0.725 bits per heavy atom. The van der Waals surface area contributed by atoms with E-state index in [0.717, 1.165) is 11.1 Å². The Morgan fingerprint density at radius 3 is 1.05 bits per heavy atom. The second-order valence-electron chi connectivity index (χ2n) is 13.2. The molecule has 4 aromatic rings. The molecular weight excluding hydrogens is 488 g/mol. The van der Waals surface area contributed by atoms with Crippen LogP contribution in [0.15, 0.2) is 97.1 Å². The van der Waals surface area contributed by atoms with Crippen LogP contribution in [0.25, 0.3) is 0 Å². The molecule has 0 aliphatic carbocycles. The van der Waals surface area contributed by atoms with Crippen molar-refractivity contribution in [2.75, 3.05) is 0 Å². The summed E-state index contributed by atoms with van der Waals surface area (Å²) in [5, 5.41) is 0. The molecule has 0 fully saturated rings. The van der Waals surface area contributed by atoms with Crippen molar-refractivity contribution in [2.24, 2.45) is 0 Å². The fourth-order valence-corrected chi connectivity index (χ4v) is 6.29. The van der Waals surface area contributed by atoms with E-state index in [4.69, 9.17) is 9.78 Å². The lowest BCUT2D eigenvalue weighted by molar-refractivity contribution is -0.410. The fraction of sp³-hybridized carbons (Fsp3) is 0.368. The van der Waals surface area contributed by atoms with Gasteiger partial charge in [0.25, 0.3) is 0 Å². The van der Waals surface area contributed by atoms with Crippen LogP contribution in [0.4, 0.5) is 0 Å². The Kier molecular flexibility index (Phi) is 8.18. The van der Waals surface area contributed by atoms with Crippen molar-refractivity contribution < 1.29 is 9.78 Å². The van der Waals surface area contributed by atoms with E-state index in [0.29, 0.717) is 0 Å². The van der Waals surface area contributed by atoms with Crippen LogP contribution in [-0.2, 0) is 31.8 Å². The van der Waals surface area contributed by atoms with Gasteiger partial charge in [0.05, 0.1) is 0 Å². The first-order valence-electron chi connectivity index (χ1n) is 14.4. The minimum atomic E-state index is -0.691. The van der Waals surface area contributed by atoms with E-state index in [9.17, 15) is 0 Å². The molecule has 0 saturated carbocycles. The summed E-state index contributed by atoms with van der Waals surface area (Å²) >= 11 is 0. The van der Waals surface area contributed by atoms with Gasteiger partial charge >= 0.3 is 0 Å². The molecule has 0 unspecified atom stereocenters. The Balaban J connectivity index is 1.71. The molecule has 0 aliphatic heterocycles. The van der Waals surface area contributed by atoms with Crippen molar-refractivity contribution in [3.63, 3.8) is 0 Å². The van der Waals surface area contributed by atoms with Crippen LogP contribution in [0.2, 0.25) is 0 Å². The summed E-state index contributed by atoms with van der Waals surface area (Å²) in [7, 11) is 0. The molecule has 0 saturated heterocycles. The van der Waals surface area contributed by atoms with Crippen LogP contribution >= 0.6 is 0 Å². The van der Waals surface area contributed by atoms with E-state index in [1.807, 2.05) is 0 Å². The number of rotatable bonds is 9. The highest BCUT2D eigenvalue weighted by Crippen LogP contribution is 2.44. The van der Waals surface area contributed by atoms with E-state index in [2.05, 4.69) is 166 Å².